The number of imidazole rings is 1. The molecule has 0 radical (unpaired) electrons. The number of rotatable bonds is 5. The van der Waals surface area contributed by atoms with E-state index in [1.54, 1.807) is 6.92 Å². The maximum atomic E-state index is 12.0. The van der Waals surface area contributed by atoms with Crippen molar-refractivity contribution in [2.75, 3.05) is 19.6 Å². The van der Waals surface area contributed by atoms with Gasteiger partial charge < -0.3 is 9.47 Å². The first-order valence-electron chi connectivity index (χ1n) is 8.73. The number of hydrogen-bond donors (Lipinski definition) is 0. The van der Waals surface area contributed by atoms with Crippen molar-refractivity contribution in [1.82, 2.24) is 19.4 Å². The Labute approximate surface area is 143 Å². The minimum Gasteiger partial charge on any atom is -0.334 e. The number of hydrogen-bond acceptors (Lipinski definition) is 3. The van der Waals surface area contributed by atoms with Crippen LogP contribution in [0, 0.1) is 0 Å². The fourth-order valence-electron chi connectivity index (χ4n) is 3.46. The number of piperazine rings is 1. The SMILES string of the molecule is CCCn1ccnc1CN1CCN(C(C)=O)[C@H](c2ccccc2)C1. The molecule has 24 heavy (non-hydrogen) atoms. The van der Waals surface area contributed by atoms with Crippen LogP contribution in [0.15, 0.2) is 42.7 Å². The highest BCUT2D eigenvalue weighted by atomic mass is 16.2. The molecule has 1 aromatic heterocycles. The Bertz CT molecular complexity index is 667. The van der Waals surface area contributed by atoms with Gasteiger partial charge in [0.2, 0.25) is 5.91 Å². The zero-order valence-corrected chi connectivity index (χ0v) is 14.6. The van der Waals surface area contributed by atoms with Crippen LogP contribution in [0.2, 0.25) is 0 Å². The quantitative estimate of drug-likeness (QED) is 0.848. The Hall–Kier alpha value is -2.14. The number of nitrogens with zero attached hydrogens (tertiary/aromatic N) is 4. The van der Waals surface area contributed by atoms with Gasteiger partial charge in [0.1, 0.15) is 5.82 Å². The van der Waals surface area contributed by atoms with Crippen LogP contribution >= 0.6 is 0 Å². The molecule has 1 saturated heterocycles. The molecule has 3 rings (SSSR count). The third-order valence-electron chi connectivity index (χ3n) is 4.68. The van der Waals surface area contributed by atoms with Crippen molar-refractivity contribution in [2.24, 2.45) is 0 Å². The van der Waals surface area contributed by atoms with Gasteiger partial charge in [0, 0.05) is 45.5 Å². The largest absolute Gasteiger partial charge is 0.334 e. The van der Waals surface area contributed by atoms with Crippen molar-refractivity contribution in [3.63, 3.8) is 0 Å². The highest BCUT2D eigenvalue weighted by Gasteiger charge is 2.30. The summed E-state index contributed by atoms with van der Waals surface area (Å²) in [4.78, 5) is 21.0. The average Bonchev–Trinajstić information content (AvgIpc) is 3.03. The summed E-state index contributed by atoms with van der Waals surface area (Å²) in [6, 6.07) is 10.4. The van der Waals surface area contributed by atoms with Gasteiger partial charge in [-0.05, 0) is 12.0 Å². The Kier molecular flexibility index (Phi) is 5.30. The molecule has 1 aliphatic rings. The van der Waals surface area contributed by atoms with E-state index in [9.17, 15) is 4.79 Å². The van der Waals surface area contributed by atoms with Gasteiger partial charge in [-0.15, -0.1) is 0 Å². The maximum Gasteiger partial charge on any atom is 0.220 e. The number of aromatic nitrogens is 2. The molecule has 1 amide bonds. The first-order valence-corrected chi connectivity index (χ1v) is 8.73. The second-order valence-electron chi connectivity index (χ2n) is 6.41. The van der Waals surface area contributed by atoms with E-state index in [-0.39, 0.29) is 11.9 Å². The van der Waals surface area contributed by atoms with Crippen LogP contribution in [0.3, 0.4) is 0 Å². The number of aryl methyl sites for hydroxylation is 1. The van der Waals surface area contributed by atoms with E-state index in [0.29, 0.717) is 0 Å². The van der Waals surface area contributed by atoms with Crippen molar-refractivity contribution < 1.29 is 4.79 Å². The molecule has 0 unspecified atom stereocenters. The third kappa shape index (κ3) is 3.67. The number of amides is 1. The van der Waals surface area contributed by atoms with E-state index in [1.165, 1.54) is 5.56 Å². The van der Waals surface area contributed by atoms with Gasteiger partial charge in [-0.1, -0.05) is 37.3 Å². The Morgan fingerprint density at radius 2 is 2.04 bits per heavy atom. The minimum atomic E-state index is 0.118. The van der Waals surface area contributed by atoms with Crippen LogP contribution in [0.5, 0.6) is 0 Å². The van der Waals surface area contributed by atoms with Crippen LogP contribution in [0.25, 0.3) is 0 Å². The maximum absolute atomic E-state index is 12.0. The molecule has 2 aromatic rings. The fraction of sp³-hybridized carbons (Fsp3) is 0.474. The topological polar surface area (TPSA) is 41.4 Å². The predicted octanol–water partition coefficient (Wildman–Crippen LogP) is 2.70. The lowest BCUT2D eigenvalue weighted by Gasteiger charge is -2.41. The fourth-order valence-corrected chi connectivity index (χ4v) is 3.46. The lowest BCUT2D eigenvalue weighted by atomic mass is 10.0. The lowest BCUT2D eigenvalue weighted by Crippen LogP contribution is -2.49. The molecule has 0 aliphatic carbocycles. The first-order chi connectivity index (χ1) is 11.7. The Morgan fingerprint density at radius 3 is 2.75 bits per heavy atom. The summed E-state index contributed by atoms with van der Waals surface area (Å²) < 4.78 is 2.23. The number of carbonyl (C=O) groups is 1. The second-order valence-corrected chi connectivity index (χ2v) is 6.41. The third-order valence-corrected chi connectivity index (χ3v) is 4.68. The van der Waals surface area contributed by atoms with Crippen molar-refractivity contribution >= 4 is 5.91 Å². The van der Waals surface area contributed by atoms with Crippen molar-refractivity contribution in [2.45, 2.75) is 39.4 Å². The summed E-state index contributed by atoms with van der Waals surface area (Å²) in [6.45, 7) is 8.20. The van der Waals surface area contributed by atoms with Gasteiger partial charge in [-0.2, -0.15) is 0 Å². The van der Waals surface area contributed by atoms with Gasteiger partial charge in [-0.25, -0.2) is 4.98 Å². The van der Waals surface area contributed by atoms with Crippen LogP contribution in [-0.2, 0) is 17.9 Å². The van der Waals surface area contributed by atoms with E-state index in [2.05, 4.69) is 39.7 Å². The molecule has 5 heteroatoms. The highest BCUT2D eigenvalue weighted by Crippen LogP contribution is 2.26. The van der Waals surface area contributed by atoms with E-state index < -0.39 is 0 Å². The molecule has 1 fully saturated rings. The molecule has 5 nitrogen and oxygen atoms in total. The molecule has 0 bridgehead atoms. The summed E-state index contributed by atoms with van der Waals surface area (Å²) in [5.41, 5.74) is 1.20. The summed E-state index contributed by atoms with van der Waals surface area (Å²) in [5.74, 6) is 1.26. The predicted molar refractivity (Wildman–Crippen MR) is 94.4 cm³/mol. The van der Waals surface area contributed by atoms with Gasteiger partial charge in [-0.3, -0.25) is 9.69 Å². The molecule has 1 atom stereocenters. The molecule has 128 valence electrons. The van der Waals surface area contributed by atoms with E-state index in [1.807, 2.05) is 29.3 Å². The second kappa shape index (κ2) is 7.62. The number of carbonyl (C=O) groups excluding carboxylic acids is 1. The standard InChI is InChI=1S/C19H26N4O/c1-3-10-22-11-9-20-19(22)15-21-12-13-23(16(2)24)18(14-21)17-7-5-4-6-8-17/h4-9,11,18H,3,10,12-15H2,1-2H3/t18-/m0/s1. The molecule has 1 aromatic carbocycles. The molecular formula is C19H26N4O. The monoisotopic (exact) mass is 326 g/mol. The molecule has 2 heterocycles. The molecular weight excluding hydrogens is 300 g/mol. The van der Waals surface area contributed by atoms with Crippen molar-refractivity contribution in [3.05, 3.63) is 54.1 Å². The highest BCUT2D eigenvalue weighted by molar-refractivity contribution is 5.74. The zero-order valence-electron chi connectivity index (χ0n) is 14.6. The van der Waals surface area contributed by atoms with Crippen molar-refractivity contribution in [3.8, 4) is 0 Å². The lowest BCUT2D eigenvalue weighted by molar-refractivity contribution is -0.134. The van der Waals surface area contributed by atoms with Gasteiger partial charge in [0.15, 0.2) is 0 Å². The Balaban J connectivity index is 1.75. The summed E-state index contributed by atoms with van der Waals surface area (Å²) >= 11 is 0. The van der Waals surface area contributed by atoms with Gasteiger partial charge >= 0.3 is 0 Å². The first kappa shape index (κ1) is 16.7. The van der Waals surface area contributed by atoms with Crippen molar-refractivity contribution in [1.29, 1.82) is 0 Å². The van der Waals surface area contributed by atoms with Gasteiger partial charge in [0.05, 0.1) is 12.6 Å². The molecule has 0 saturated carbocycles. The van der Waals surface area contributed by atoms with E-state index in [4.69, 9.17) is 0 Å². The zero-order chi connectivity index (χ0) is 16.9. The van der Waals surface area contributed by atoms with E-state index >= 15 is 0 Å². The number of benzene rings is 1. The Morgan fingerprint density at radius 1 is 1.25 bits per heavy atom. The van der Waals surface area contributed by atoms with Gasteiger partial charge in [0.25, 0.3) is 0 Å². The van der Waals surface area contributed by atoms with Crippen LogP contribution in [0.1, 0.15) is 37.7 Å². The molecule has 1 aliphatic heterocycles. The van der Waals surface area contributed by atoms with Crippen LogP contribution < -0.4 is 0 Å². The molecule has 0 spiro atoms. The summed E-state index contributed by atoms with van der Waals surface area (Å²) in [5, 5.41) is 0. The summed E-state index contributed by atoms with van der Waals surface area (Å²) in [7, 11) is 0. The summed E-state index contributed by atoms with van der Waals surface area (Å²) in [6.07, 6.45) is 5.04. The normalized spacial score (nSPS) is 18.8. The van der Waals surface area contributed by atoms with Crippen LogP contribution in [0.4, 0.5) is 0 Å². The molecule has 0 N–H and O–H groups in total. The minimum absolute atomic E-state index is 0.118. The smallest absolute Gasteiger partial charge is 0.220 e. The average molecular weight is 326 g/mol. The van der Waals surface area contributed by atoms with Crippen LogP contribution in [-0.4, -0.2) is 44.9 Å². The van der Waals surface area contributed by atoms with E-state index in [0.717, 1.165) is 45.0 Å².